The second-order valence-electron chi connectivity index (χ2n) is 4.17. The molecule has 0 saturated heterocycles. The van der Waals surface area contributed by atoms with E-state index in [1.54, 1.807) is 17.5 Å². The first kappa shape index (κ1) is 13.9. The summed E-state index contributed by atoms with van der Waals surface area (Å²) >= 11 is 1.55. The van der Waals surface area contributed by atoms with E-state index in [1.807, 2.05) is 30.3 Å². The standard InChI is InChI=1S/C15H17NO2S/c1-2-13-6-7-15(19-13)14(17)11-18-10-8-12-5-3-4-9-16-12/h3-7,9H,2,8,10-11H2,1H3. The minimum atomic E-state index is 0.0609. The highest BCUT2D eigenvalue weighted by Gasteiger charge is 2.08. The molecule has 0 amide bonds. The molecular weight excluding hydrogens is 258 g/mol. The molecule has 2 aromatic rings. The molecule has 0 N–H and O–H groups in total. The minimum Gasteiger partial charge on any atom is -0.373 e. The number of aryl methyl sites for hydroxylation is 1. The van der Waals surface area contributed by atoms with Gasteiger partial charge in [-0.1, -0.05) is 13.0 Å². The second-order valence-corrected chi connectivity index (χ2v) is 5.33. The number of carbonyl (C=O) groups excluding carboxylic acids is 1. The van der Waals surface area contributed by atoms with Crippen molar-refractivity contribution in [1.82, 2.24) is 4.98 Å². The van der Waals surface area contributed by atoms with Gasteiger partial charge in [0.1, 0.15) is 6.61 Å². The van der Waals surface area contributed by atoms with Crippen molar-refractivity contribution in [2.24, 2.45) is 0 Å². The maximum Gasteiger partial charge on any atom is 0.198 e. The highest BCUT2D eigenvalue weighted by Crippen LogP contribution is 2.17. The van der Waals surface area contributed by atoms with Crippen molar-refractivity contribution in [3.63, 3.8) is 0 Å². The van der Waals surface area contributed by atoms with E-state index in [1.165, 1.54) is 4.88 Å². The Morgan fingerprint density at radius 2 is 2.21 bits per heavy atom. The molecule has 2 aromatic heterocycles. The summed E-state index contributed by atoms with van der Waals surface area (Å²) in [5, 5.41) is 0. The number of hydrogen-bond acceptors (Lipinski definition) is 4. The van der Waals surface area contributed by atoms with Gasteiger partial charge in [0.2, 0.25) is 0 Å². The quantitative estimate of drug-likeness (QED) is 0.575. The third kappa shape index (κ3) is 4.26. The number of carbonyl (C=O) groups is 1. The van der Waals surface area contributed by atoms with Gasteiger partial charge in [0, 0.05) is 23.2 Å². The lowest BCUT2D eigenvalue weighted by molar-refractivity contribution is 0.0768. The first-order valence-corrected chi connectivity index (χ1v) is 7.21. The van der Waals surface area contributed by atoms with Gasteiger partial charge < -0.3 is 4.74 Å². The highest BCUT2D eigenvalue weighted by molar-refractivity contribution is 7.14. The van der Waals surface area contributed by atoms with E-state index in [2.05, 4.69) is 11.9 Å². The van der Waals surface area contributed by atoms with Crippen LogP contribution in [0.2, 0.25) is 0 Å². The number of nitrogens with zero attached hydrogens (tertiary/aromatic N) is 1. The topological polar surface area (TPSA) is 39.2 Å². The van der Waals surface area contributed by atoms with E-state index in [0.29, 0.717) is 6.61 Å². The van der Waals surface area contributed by atoms with Crippen LogP contribution in [0.5, 0.6) is 0 Å². The average molecular weight is 275 g/mol. The van der Waals surface area contributed by atoms with E-state index in [9.17, 15) is 4.79 Å². The molecule has 100 valence electrons. The lowest BCUT2D eigenvalue weighted by Gasteiger charge is -2.02. The summed E-state index contributed by atoms with van der Waals surface area (Å²) in [4.78, 5) is 18.1. The van der Waals surface area contributed by atoms with E-state index in [-0.39, 0.29) is 12.4 Å². The van der Waals surface area contributed by atoms with Crippen molar-refractivity contribution in [3.8, 4) is 0 Å². The Hall–Kier alpha value is -1.52. The number of pyridine rings is 1. The van der Waals surface area contributed by atoms with Gasteiger partial charge in [-0.15, -0.1) is 11.3 Å². The number of ether oxygens (including phenoxy) is 1. The summed E-state index contributed by atoms with van der Waals surface area (Å²) < 4.78 is 5.41. The van der Waals surface area contributed by atoms with Crippen molar-refractivity contribution in [2.45, 2.75) is 19.8 Å². The zero-order valence-electron chi connectivity index (χ0n) is 11.0. The molecular formula is C15H17NO2S. The smallest absolute Gasteiger partial charge is 0.198 e. The Morgan fingerprint density at radius 1 is 1.32 bits per heavy atom. The molecule has 0 aliphatic rings. The second kappa shape index (κ2) is 7.16. The third-order valence-electron chi connectivity index (χ3n) is 2.75. The van der Waals surface area contributed by atoms with Gasteiger partial charge in [0.05, 0.1) is 11.5 Å². The van der Waals surface area contributed by atoms with Crippen LogP contribution in [0.3, 0.4) is 0 Å². The average Bonchev–Trinajstić information content (AvgIpc) is 2.93. The Balaban J connectivity index is 1.72. The molecule has 0 aromatic carbocycles. The van der Waals surface area contributed by atoms with Crippen LogP contribution in [0.4, 0.5) is 0 Å². The van der Waals surface area contributed by atoms with Gasteiger partial charge in [0.25, 0.3) is 0 Å². The number of rotatable bonds is 7. The summed E-state index contributed by atoms with van der Waals surface area (Å²) in [5.41, 5.74) is 0.986. The molecule has 0 fully saturated rings. The van der Waals surface area contributed by atoms with Crippen LogP contribution < -0.4 is 0 Å². The van der Waals surface area contributed by atoms with E-state index in [0.717, 1.165) is 23.4 Å². The van der Waals surface area contributed by atoms with Gasteiger partial charge in [-0.3, -0.25) is 9.78 Å². The molecule has 0 radical (unpaired) electrons. The third-order valence-corrected chi connectivity index (χ3v) is 4.02. The number of Topliss-reactive ketones (excluding diaryl/α,β-unsaturated/α-hetero) is 1. The number of hydrogen-bond donors (Lipinski definition) is 0. The minimum absolute atomic E-state index is 0.0609. The van der Waals surface area contributed by atoms with Crippen LogP contribution in [0.15, 0.2) is 36.5 Å². The van der Waals surface area contributed by atoms with Gasteiger partial charge in [-0.2, -0.15) is 0 Å². The molecule has 0 atom stereocenters. The summed E-state index contributed by atoms with van der Waals surface area (Å²) in [5.74, 6) is 0.0609. The Labute approximate surface area is 117 Å². The van der Waals surface area contributed by atoms with Gasteiger partial charge in [0.15, 0.2) is 5.78 Å². The molecule has 4 heteroatoms. The molecule has 0 unspecified atom stereocenters. The number of thiophene rings is 1. The van der Waals surface area contributed by atoms with Crippen molar-refractivity contribution in [1.29, 1.82) is 0 Å². The molecule has 3 nitrogen and oxygen atoms in total. The fourth-order valence-electron chi connectivity index (χ4n) is 1.68. The summed E-state index contributed by atoms with van der Waals surface area (Å²) in [7, 11) is 0. The lowest BCUT2D eigenvalue weighted by Crippen LogP contribution is -2.10. The summed E-state index contributed by atoms with van der Waals surface area (Å²) in [6, 6.07) is 9.68. The summed E-state index contributed by atoms with van der Waals surface area (Å²) in [6.45, 7) is 2.76. The number of aromatic nitrogens is 1. The largest absolute Gasteiger partial charge is 0.373 e. The number of ketones is 1. The molecule has 0 aliphatic heterocycles. The van der Waals surface area contributed by atoms with Crippen LogP contribution in [0.25, 0.3) is 0 Å². The zero-order valence-corrected chi connectivity index (χ0v) is 11.8. The Bertz CT molecular complexity index is 522. The lowest BCUT2D eigenvalue weighted by atomic mass is 10.3. The fraction of sp³-hybridized carbons (Fsp3) is 0.333. The predicted molar refractivity (Wildman–Crippen MR) is 76.8 cm³/mol. The first-order valence-electron chi connectivity index (χ1n) is 6.39. The van der Waals surface area contributed by atoms with Crippen molar-refractivity contribution in [3.05, 3.63) is 52.0 Å². The molecule has 0 bridgehead atoms. The van der Waals surface area contributed by atoms with Crippen molar-refractivity contribution in [2.75, 3.05) is 13.2 Å². The SMILES string of the molecule is CCc1ccc(C(=O)COCCc2ccccn2)s1. The molecule has 2 rings (SSSR count). The van der Waals surface area contributed by atoms with Crippen molar-refractivity contribution >= 4 is 17.1 Å². The van der Waals surface area contributed by atoms with Crippen molar-refractivity contribution < 1.29 is 9.53 Å². The monoisotopic (exact) mass is 275 g/mol. The maximum atomic E-state index is 11.9. The van der Waals surface area contributed by atoms with Crippen LogP contribution in [-0.4, -0.2) is 24.0 Å². The molecule has 0 aliphatic carbocycles. The van der Waals surface area contributed by atoms with E-state index >= 15 is 0 Å². The van der Waals surface area contributed by atoms with Crippen LogP contribution in [-0.2, 0) is 17.6 Å². The van der Waals surface area contributed by atoms with E-state index < -0.39 is 0 Å². The molecule has 0 spiro atoms. The molecule has 2 heterocycles. The molecule has 19 heavy (non-hydrogen) atoms. The Kier molecular flexibility index (Phi) is 5.24. The first-order chi connectivity index (χ1) is 9.29. The predicted octanol–water partition coefficient (Wildman–Crippen LogP) is 3.15. The van der Waals surface area contributed by atoms with Gasteiger partial charge in [-0.25, -0.2) is 0 Å². The zero-order chi connectivity index (χ0) is 13.5. The maximum absolute atomic E-state index is 11.9. The fourth-order valence-corrected chi connectivity index (χ4v) is 2.55. The molecule has 0 saturated carbocycles. The summed E-state index contributed by atoms with van der Waals surface area (Å²) in [6.07, 6.45) is 3.47. The van der Waals surface area contributed by atoms with Crippen LogP contribution >= 0.6 is 11.3 Å². The Morgan fingerprint density at radius 3 is 2.89 bits per heavy atom. The van der Waals surface area contributed by atoms with Crippen LogP contribution in [0, 0.1) is 0 Å². The van der Waals surface area contributed by atoms with E-state index in [4.69, 9.17) is 4.74 Å². The van der Waals surface area contributed by atoms with Gasteiger partial charge >= 0.3 is 0 Å². The van der Waals surface area contributed by atoms with Crippen LogP contribution in [0.1, 0.15) is 27.2 Å². The normalized spacial score (nSPS) is 10.6. The highest BCUT2D eigenvalue weighted by atomic mass is 32.1. The van der Waals surface area contributed by atoms with Gasteiger partial charge in [-0.05, 0) is 30.7 Å².